The fraction of sp³-hybridized carbons (Fsp3) is 0.558. The van der Waals surface area contributed by atoms with Crippen LogP contribution in [-0.4, -0.2) is 187 Å². The molecule has 8 atom stereocenters. The number of hydrogen-bond donors (Lipinski definition) is 11. The molecule has 111 heavy (non-hydrogen) atoms. The number of benzene rings is 3. The number of fused-ring (bicyclic) bond motifs is 3. The number of aliphatic hydroxyl groups excluding tert-OH is 1. The van der Waals surface area contributed by atoms with E-state index in [2.05, 4.69) is 50.7 Å². The maximum atomic E-state index is 14.8. The second kappa shape index (κ2) is 32.4. The molecule has 4 aliphatic carbocycles. The van der Waals surface area contributed by atoms with Crippen LogP contribution in [0, 0.1) is 29.1 Å². The van der Waals surface area contributed by atoms with E-state index in [1.54, 1.807) is 91.1 Å². The average molecular weight is 1570 g/mol. The number of carbonyl (C=O) groups is 7. The highest BCUT2D eigenvalue weighted by atomic mass is 32.2. The largest absolute Gasteiger partial charge is 0.476 e. The number of ether oxygens (including phenoxy) is 3. The molecule has 0 spiro atoms. The molecule has 6 heterocycles. The number of anilines is 3. The van der Waals surface area contributed by atoms with Crippen LogP contribution in [0.1, 0.15) is 170 Å². The molecule has 6 aromatic rings. The van der Waals surface area contributed by atoms with E-state index < -0.39 is 111 Å². The summed E-state index contributed by atoms with van der Waals surface area (Å²) in [5, 5.41) is 48.1. The van der Waals surface area contributed by atoms with Crippen molar-refractivity contribution in [2.24, 2.45) is 33.7 Å². The molecule has 4 saturated carbocycles. The number of carboxylic acid groups (broad SMARTS) is 1. The number of esters is 1. The lowest BCUT2D eigenvalue weighted by molar-refractivity contribution is -0.263. The van der Waals surface area contributed by atoms with Crippen molar-refractivity contribution >= 4 is 89.9 Å². The smallest absolute Gasteiger partial charge is 0.355 e. The van der Waals surface area contributed by atoms with Crippen LogP contribution >= 0.6 is 11.3 Å². The Morgan fingerprint density at radius 3 is 2.28 bits per heavy atom. The van der Waals surface area contributed by atoms with Gasteiger partial charge in [-0.15, -0.1) is 0 Å². The number of hydrogen-bond acceptors (Lipinski definition) is 24. The van der Waals surface area contributed by atoms with Gasteiger partial charge in [-0.25, -0.2) is 30.5 Å². The molecule has 13 rings (SSSR count). The molecule has 3 aromatic carbocycles. The number of nitrogens with zero attached hydrogens (tertiary/aromatic N) is 8. The van der Waals surface area contributed by atoms with Gasteiger partial charge in [0.15, 0.2) is 17.1 Å². The first-order valence-electron chi connectivity index (χ1n) is 37.8. The van der Waals surface area contributed by atoms with E-state index in [0.29, 0.717) is 77.8 Å². The van der Waals surface area contributed by atoms with E-state index in [9.17, 15) is 56.7 Å². The zero-order valence-electron chi connectivity index (χ0n) is 64.5. The van der Waals surface area contributed by atoms with Gasteiger partial charge in [0, 0.05) is 74.1 Å². The van der Waals surface area contributed by atoms with Crippen LogP contribution < -0.4 is 53.5 Å². The molecule has 6 amide bonds. The van der Waals surface area contributed by atoms with Crippen molar-refractivity contribution in [2.45, 2.75) is 213 Å². The summed E-state index contributed by atoms with van der Waals surface area (Å²) in [7, 11) is -4.73. The Balaban J connectivity index is 0.688. The van der Waals surface area contributed by atoms with Gasteiger partial charge < -0.3 is 61.6 Å². The van der Waals surface area contributed by atoms with Crippen molar-refractivity contribution in [3.05, 3.63) is 119 Å². The maximum Gasteiger partial charge on any atom is 0.355 e. The molecule has 0 radical (unpaired) electrons. The predicted molar refractivity (Wildman–Crippen MR) is 413 cm³/mol. The molecule has 4 bridgehead atoms. The minimum Gasteiger partial charge on any atom is -0.476 e. The number of thiazole rings is 1. The van der Waals surface area contributed by atoms with Crippen LogP contribution in [-0.2, 0) is 74.5 Å². The third-order valence-electron chi connectivity index (χ3n) is 21.9. The number of pyridine rings is 1. The summed E-state index contributed by atoms with van der Waals surface area (Å²) >= 11 is 1.40. The third-order valence-corrected chi connectivity index (χ3v) is 23.6. The second-order valence-electron chi connectivity index (χ2n) is 33.5. The summed E-state index contributed by atoms with van der Waals surface area (Å²) in [5.74, 6) is 1.70. The highest BCUT2D eigenvalue weighted by Gasteiger charge is 2.66. The molecule has 13 N–H and O–H groups in total. The number of primary amides is 1. The first-order valence-corrected chi connectivity index (χ1v) is 40.2. The summed E-state index contributed by atoms with van der Waals surface area (Å²) in [6.45, 7) is 19.9. The Morgan fingerprint density at radius 1 is 0.865 bits per heavy atom. The van der Waals surface area contributed by atoms with Crippen LogP contribution in [0.15, 0.2) is 85.1 Å². The van der Waals surface area contributed by atoms with Gasteiger partial charge in [0.25, 0.3) is 16.0 Å². The summed E-state index contributed by atoms with van der Waals surface area (Å²) < 4.78 is 56.5. The number of rotatable bonds is 28. The summed E-state index contributed by atoms with van der Waals surface area (Å²) in [6.07, 6.45) is 6.53. The van der Waals surface area contributed by atoms with Gasteiger partial charge in [0.2, 0.25) is 17.7 Å². The summed E-state index contributed by atoms with van der Waals surface area (Å²) in [6, 6.07) is 16.8. The van der Waals surface area contributed by atoms with Crippen LogP contribution in [0.25, 0.3) is 21.3 Å². The number of amides is 6. The fourth-order valence-corrected chi connectivity index (χ4v) is 19.9. The molecular weight excluding hydrogens is 1470 g/mol. The maximum absolute atomic E-state index is 14.8. The second-order valence-corrected chi connectivity index (χ2v) is 36.0. The van der Waals surface area contributed by atoms with E-state index in [0.717, 1.165) is 64.3 Å². The molecule has 3 unspecified atom stereocenters. The van der Waals surface area contributed by atoms with Gasteiger partial charge in [-0.3, -0.25) is 43.4 Å². The zero-order valence-corrected chi connectivity index (χ0v) is 66.1. The number of urea groups is 1. The molecule has 3 aliphatic heterocycles. The normalized spacial score (nSPS) is 25.4. The van der Waals surface area contributed by atoms with E-state index in [-0.39, 0.29) is 80.0 Å². The highest BCUT2D eigenvalue weighted by Crippen LogP contribution is 2.72. The lowest BCUT2D eigenvalue weighted by atomic mass is 9.39. The van der Waals surface area contributed by atoms with Gasteiger partial charge >= 0.3 is 18.0 Å². The Labute approximate surface area is 649 Å². The van der Waals surface area contributed by atoms with Gasteiger partial charge in [-0.2, -0.15) is 18.5 Å². The molecule has 600 valence electrons. The van der Waals surface area contributed by atoms with Crippen LogP contribution in [0.2, 0.25) is 0 Å². The highest BCUT2D eigenvalue weighted by molar-refractivity contribution is 7.85. The number of nitrogens with one attached hydrogen (secondary N) is 6. The topological polar surface area (TPSA) is 432 Å². The Hall–Kier alpha value is -8.81. The Morgan fingerprint density at radius 2 is 1.59 bits per heavy atom. The van der Waals surface area contributed by atoms with E-state index in [1.165, 1.54) is 21.6 Å². The minimum absolute atomic E-state index is 0.0219. The first-order chi connectivity index (χ1) is 52.3. The van der Waals surface area contributed by atoms with Gasteiger partial charge in [0.05, 0.1) is 39.9 Å². The van der Waals surface area contributed by atoms with Crippen LogP contribution in [0.5, 0.6) is 0 Å². The van der Waals surface area contributed by atoms with Gasteiger partial charge in [-0.05, 0) is 192 Å². The molecule has 34 heteroatoms. The lowest BCUT2D eigenvalue weighted by Crippen LogP contribution is -2.65. The molecule has 6 fully saturated rings. The van der Waals surface area contributed by atoms with E-state index >= 15 is 0 Å². The van der Waals surface area contributed by atoms with Gasteiger partial charge in [0.1, 0.15) is 47.9 Å². The Bertz CT molecular complexity index is 4560. The van der Waals surface area contributed by atoms with E-state index in [1.807, 2.05) is 59.0 Å². The molecular formula is C77H104N16O16S2. The lowest BCUT2D eigenvalue weighted by Gasteiger charge is -2.69. The SMILES string of the molecule is Cc1c(-c2ccc(N3CCc4cccc(C(=O)Nc5nc6ccccc6s5)c4C3)nc2C(=O)O)cnn1CC12CC3(C)CC(C)(C1)CC(OCCNC(CS(=O)(=O)O)C(=O)OCc1ccc(N(N)N4OC(C)(C)[C@H]5C(=O)N[C@@H](CC[C@@H](O)OC(C)(C)C)C(=O)N[C@@H](C(C)C)C(=O)N[C@@H](CCCNC(N)=O)CN54)cc1)(C3)C2. The van der Waals surface area contributed by atoms with Crippen molar-refractivity contribution in [1.82, 2.24) is 56.6 Å². The Kier molecular flexibility index (Phi) is 23.8. The number of aromatic carboxylic acids is 1. The molecule has 32 nitrogen and oxygen atoms in total. The summed E-state index contributed by atoms with van der Waals surface area (Å²) in [4.78, 5) is 114. The van der Waals surface area contributed by atoms with Crippen molar-refractivity contribution < 1.29 is 75.8 Å². The van der Waals surface area contributed by atoms with E-state index in [4.69, 9.17) is 40.7 Å². The number of carboxylic acids is 1. The van der Waals surface area contributed by atoms with Crippen LogP contribution in [0.3, 0.4) is 0 Å². The number of hydrazine groups is 3. The monoisotopic (exact) mass is 1570 g/mol. The van der Waals surface area contributed by atoms with Crippen LogP contribution in [0.4, 0.5) is 21.4 Å². The molecule has 7 aliphatic rings. The quantitative estimate of drug-likeness (QED) is 0.00601. The fourth-order valence-electron chi connectivity index (χ4n) is 18.4. The summed E-state index contributed by atoms with van der Waals surface area (Å²) in [5.41, 5.74) is 7.84. The van der Waals surface area contributed by atoms with Crippen molar-refractivity contribution in [2.75, 3.05) is 53.9 Å². The molecule has 3 aromatic heterocycles. The molecule has 2 saturated heterocycles. The third kappa shape index (κ3) is 19.1. The van der Waals surface area contributed by atoms with Crippen molar-refractivity contribution in [3.63, 3.8) is 0 Å². The van der Waals surface area contributed by atoms with Crippen molar-refractivity contribution in [3.8, 4) is 11.1 Å². The number of nitrogens with two attached hydrogens (primary N) is 2. The van der Waals surface area contributed by atoms with Gasteiger partial charge in [-0.1, -0.05) is 75.4 Å². The minimum atomic E-state index is -4.73. The standard InChI is InChI=1S/C77H104N16O16S2/c1-45(2)61-66(97)83-49(16-14-29-81-70(78)102)34-91-63(67(98)84-56(65(96)87-61)25-27-60(94)108-72(4,5)6)73(7,8)109-93(91)92(79)50-22-20-47(21-23-50)36-106-69(101)57(37-111(103,104)105)80-30-32-107-77-41-74(9)38-75(10,42-77)40-76(39-74,43-77)44-90-46(3)53(33-82-90)51-24-26-59(86-62(51)68(99)100)89-31-28-48-15-13-17-52(54(48)35-89)64(95)88-71-85-55-18-11-12-19-58(55)110-71/h11-13,15,17-24,26,33,45,49,56-57,60-61,63,80,94H,14,16,25,27-32,34-44,79H2,1-10H3,(H,83,97)(H,84,98)(H,87,96)(H,99,100)(H3,78,81,102)(H,85,88,95)(H,103,104,105)/t49-,56-,57?,60-,61-,63+,74?,75?,76?,77?/m0/s1. The predicted octanol–water partition coefficient (Wildman–Crippen LogP) is 6.79. The first kappa shape index (κ1) is 81.7. The number of para-hydroxylation sites is 1. The average Bonchev–Trinajstić information content (AvgIpc) is 1.08. The number of aromatic nitrogens is 4. The number of aliphatic hydroxyl groups is 1. The van der Waals surface area contributed by atoms with Crippen molar-refractivity contribution in [1.29, 1.82) is 0 Å². The number of carbonyl (C=O) groups excluding carboxylic acids is 6. The zero-order chi connectivity index (χ0) is 79.9.